The normalized spacial score (nSPS) is 10.4. The first-order valence-corrected chi connectivity index (χ1v) is 7.10. The van der Waals surface area contributed by atoms with Gasteiger partial charge in [0, 0.05) is 10.0 Å². The van der Waals surface area contributed by atoms with E-state index in [0.29, 0.717) is 4.88 Å². The van der Waals surface area contributed by atoms with Crippen LogP contribution in [0.3, 0.4) is 0 Å². The summed E-state index contributed by atoms with van der Waals surface area (Å²) in [6.45, 7) is 2.00. The Morgan fingerprint density at radius 3 is 2.75 bits per heavy atom. The van der Waals surface area contributed by atoms with Gasteiger partial charge in [-0.05, 0) is 45.2 Å². The van der Waals surface area contributed by atoms with Crippen molar-refractivity contribution < 1.29 is 9.53 Å². The van der Waals surface area contributed by atoms with Crippen molar-refractivity contribution in [1.29, 1.82) is 0 Å². The van der Waals surface area contributed by atoms with Crippen LogP contribution < -0.4 is 0 Å². The molecule has 2 heterocycles. The Morgan fingerprint density at radius 2 is 2.19 bits per heavy atom. The first-order chi connectivity index (χ1) is 7.65. The van der Waals surface area contributed by atoms with Gasteiger partial charge in [0.25, 0.3) is 0 Å². The van der Waals surface area contributed by atoms with Crippen molar-refractivity contribution in [3.8, 4) is 10.4 Å². The number of methoxy groups -OCH3 is 1. The quantitative estimate of drug-likeness (QED) is 0.771. The summed E-state index contributed by atoms with van der Waals surface area (Å²) >= 11 is 6.53. The van der Waals surface area contributed by atoms with Gasteiger partial charge in [-0.2, -0.15) is 0 Å². The Bertz CT molecular complexity index is 528. The van der Waals surface area contributed by atoms with Crippen molar-refractivity contribution >= 4 is 44.6 Å². The fraction of sp³-hybridized carbons (Fsp3) is 0.182. The third-order valence-electron chi connectivity index (χ3n) is 2.19. The highest BCUT2D eigenvalue weighted by atomic mass is 79.9. The molecule has 0 radical (unpaired) electrons. The first kappa shape index (κ1) is 11.8. The third-order valence-corrected chi connectivity index (χ3v) is 5.12. The van der Waals surface area contributed by atoms with E-state index in [1.54, 1.807) is 11.3 Å². The van der Waals surface area contributed by atoms with E-state index in [9.17, 15) is 4.79 Å². The summed E-state index contributed by atoms with van der Waals surface area (Å²) < 4.78 is 5.81. The zero-order chi connectivity index (χ0) is 11.7. The van der Waals surface area contributed by atoms with Gasteiger partial charge in [0.2, 0.25) is 0 Å². The average molecular weight is 317 g/mol. The predicted molar refractivity (Wildman–Crippen MR) is 71.4 cm³/mol. The minimum Gasteiger partial charge on any atom is -0.465 e. The molecular formula is C11H9BrO2S2. The lowest BCUT2D eigenvalue weighted by Crippen LogP contribution is -1.99. The maximum atomic E-state index is 11.6. The van der Waals surface area contributed by atoms with Crippen LogP contribution in [0.15, 0.2) is 21.3 Å². The highest BCUT2D eigenvalue weighted by Gasteiger charge is 2.20. The smallest absolute Gasteiger partial charge is 0.348 e. The minimum atomic E-state index is -0.270. The molecule has 0 saturated heterocycles. The van der Waals surface area contributed by atoms with Gasteiger partial charge < -0.3 is 4.74 Å². The number of thiophene rings is 2. The van der Waals surface area contributed by atoms with E-state index >= 15 is 0 Å². The van der Waals surface area contributed by atoms with Gasteiger partial charge in [-0.1, -0.05) is 0 Å². The van der Waals surface area contributed by atoms with E-state index < -0.39 is 0 Å². The van der Waals surface area contributed by atoms with Crippen LogP contribution in [-0.4, -0.2) is 13.1 Å². The fourth-order valence-electron chi connectivity index (χ4n) is 1.44. The zero-order valence-corrected chi connectivity index (χ0v) is 12.0. The summed E-state index contributed by atoms with van der Waals surface area (Å²) in [4.78, 5) is 13.4. The van der Waals surface area contributed by atoms with Crippen molar-refractivity contribution in [2.75, 3.05) is 7.11 Å². The highest BCUT2D eigenvalue weighted by molar-refractivity contribution is 9.10. The van der Waals surface area contributed by atoms with Crippen molar-refractivity contribution in [1.82, 2.24) is 0 Å². The van der Waals surface area contributed by atoms with Crippen LogP contribution >= 0.6 is 38.6 Å². The van der Waals surface area contributed by atoms with Gasteiger partial charge >= 0.3 is 5.97 Å². The second-order valence-electron chi connectivity index (χ2n) is 3.21. The number of ether oxygens (including phenoxy) is 1. The molecule has 0 unspecified atom stereocenters. The van der Waals surface area contributed by atoms with Gasteiger partial charge in [0.1, 0.15) is 4.88 Å². The summed E-state index contributed by atoms with van der Waals surface area (Å²) in [5, 5.41) is 3.98. The number of aryl methyl sites for hydroxylation is 1. The number of hydrogen-bond acceptors (Lipinski definition) is 4. The Morgan fingerprint density at radius 1 is 1.44 bits per heavy atom. The molecule has 0 aliphatic rings. The van der Waals surface area contributed by atoms with Crippen LogP contribution in [0.5, 0.6) is 0 Å². The zero-order valence-electron chi connectivity index (χ0n) is 8.74. The molecular weight excluding hydrogens is 308 g/mol. The Kier molecular flexibility index (Phi) is 3.47. The highest BCUT2D eigenvalue weighted by Crippen LogP contribution is 2.40. The lowest BCUT2D eigenvalue weighted by molar-refractivity contribution is 0.0607. The van der Waals surface area contributed by atoms with Gasteiger partial charge in [-0.3, -0.25) is 0 Å². The number of carbonyl (C=O) groups excluding carboxylic acids is 1. The summed E-state index contributed by atoms with van der Waals surface area (Å²) in [6.07, 6.45) is 0. The fourth-order valence-corrected chi connectivity index (χ4v) is 4.17. The maximum Gasteiger partial charge on any atom is 0.348 e. The largest absolute Gasteiger partial charge is 0.465 e. The van der Waals surface area contributed by atoms with Crippen molar-refractivity contribution in [2.24, 2.45) is 0 Å². The second-order valence-corrected chi connectivity index (χ2v) is 5.86. The number of halogens is 1. The van der Waals surface area contributed by atoms with Crippen LogP contribution in [0.1, 0.15) is 15.2 Å². The standard InChI is InChI=1S/C11H9BrO2S2/c1-6-5-16-10(11(13)14-2)8(6)9-7(12)3-4-15-9/h3-5H,1-2H3. The van der Waals surface area contributed by atoms with E-state index in [2.05, 4.69) is 15.9 Å². The molecule has 16 heavy (non-hydrogen) atoms. The molecule has 2 rings (SSSR count). The summed E-state index contributed by atoms with van der Waals surface area (Å²) in [7, 11) is 1.41. The first-order valence-electron chi connectivity index (χ1n) is 4.55. The molecule has 2 aromatic rings. The van der Waals surface area contributed by atoms with E-state index in [4.69, 9.17) is 4.74 Å². The predicted octanol–water partition coefficient (Wildman–Crippen LogP) is 4.33. The second kappa shape index (κ2) is 4.69. The number of carbonyl (C=O) groups is 1. The maximum absolute atomic E-state index is 11.6. The van der Waals surface area contributed by atoms with Crippen LogP contribution in [-0.2, 0) is 4.74 Å². The minimum absolute atomic E-state index is 0.270. The van der Waals surface area contributed by atoms with E-state index in [0.717, 1.165) is 20.5 Å². The lowest BCUT2D eigenvalue weighted by Gasteiger charge is -2.02. The topological polar surface area (TPSA) is 26.3 Å². The van der Waals surface area contributed by atoms with Gasteiger partial charge in [0.15, 0.2) is 0 Å². The molecule has 0 spiro atoms. The summed E-state index contributed by atoms with van der Waals surface area (Å²) in [6, 6.07) is 1.98. The summed E-state index contributed by atoms with van der Waals surface area (Å²) in [5.74, 6) is -0.270. The van der Waals surface area contributed by atoms with Gasteiger partial charge in [-0.25, -0.2) is 4.79 Å². The molecule has 5 heteroatoms. The lowest BCUT2D eigenvalue weighted by atomic mass is 10.1. The summed E-state index contributed by atoms with van der Waals surface area (Å²) in [5.41, 5.74) is 2.09. The molecule has 2 aromatic heterocycles. The molecule has 0 saturated carbocycles. The van der Waals surface area contributed by atoms with E-state index in [1.807, 2.05) is 23.8 Å². The molecule has 0 aromatic carbocycles. The molecule has 0 aliphatic carbocycles. The van der Waals surface area contributed by atoms with E-state index in [-0.39, 0.29) is 5.97 Å². The average Bonchev–Trinajstić information content (AvgIpc) is 2.83. The third kappa shape index (κ3) is 1.95. The molecule has 0 atom stereocenters. The van der Waals surface area contributed by atoms with Crippen LogP contribution in [0.2, 0.25) is 0 Å². The Balaban J connectivity index is 2.60. The van der Waals surface area contributed by atoms with Crippen molar-refractivity contribution in [3.05, 3.63) is 31.7 Å². The molecule has 0 aliphatic heterocycles. The van der Waals surface area contributed by atoms with Crippen molar-refractivity contribution in [2.45, 2.75) is 6.92 Å². The Hall–Kier alpha value is -0.650. The van der Waals surface area contributed by atoms with Crippen LogP contribution in [0, 0.1) is 6.92 Å². The monoisotopic (exact) mass is 316 g/mol. The molecule has 0 amide bonds. The SMILES string of the molecule is COC(=O)c1scc(C)c1-c1sccc1Br. The molecule has 0 bridgehead atoms. The van der Waals surface area contributed by atoms with Crippen molar-refractivity contribution in [3.63, 3.8) is 0 Å². The molecule has 0 N–H and O–H groups in total. The van der Waals surface area contributed by atoms with E-state index in [1.165, 1.54) is 18.4 Å². The number of hydrogen-bond donors (Lipinski definition) is 0. The molecule has 2 nitrogen and oxygen atoms in total. The van der Waals surface area contributed by atoms with Gasteiger partial charge in [0.05, 0.1) is 12.0 Å². The van der Waals surface area contributed by atoms with Gasteiger partial charge in [-0.15, -0.1) is 22.7 Å². The van der Waals surface area contributed by atoms with Crippen LogP contribution in [0.4, 0.5) is 0 Å². The number of esters is 1. The molecule has 84 valence electrons. The van der Waals surface area contributed by atoms with Crippen LogP contribution in [0.25, 0.3) is 10.4 Å². The number of rotatable bonds is 2. The Labute approximate surface area is 110 Å². The molecule has 0 fully saturated rings.